The molecule has 2 amide bonds. The number of hydrogen-bond acceptors (Lipinski definition) is 10. The fourth-order valence-electron chi connectivity index (χ4n) is 3.49. The molecule has 3 heterocycles. The fourth-order valence-corrected chi connectivity index (χ4v) is 5.85. The highest BCUT2D eigenvalue weighted by molar-refractivity contribution is 8.01. The Hall–Kier alpha value is -3.76. The van der Waals surface area contributed by atoms with Gasteiger partial charge >= 0.3 is 5.97 Å². The van der Waals surface area contributed by atoms with Gasteiger partial charge in [-0.05, 0) is 29.8 Å². The van der Waals surface area contributed by atoms with E-state index in [9.17, 15) is 24.6 Å². The van der Waals surface area contributed by atoms with Crippen molar-refractivity contribution in [1.29, 1.82) is 5.26 Å². The fraction of sp³-hybridized carbons (Fsp3) is 0.200. The Morgan fingerprint density at radius 2 is 2.15 bits per heavy atom. The molecule has 33 heavy (non-hydrogen) atoms. The van der Waals surface area contributed by atoms with Gasteiger partial charge in [-0.25, -0.2) is 14.8 Å². The summed E-state index contributed by atoms with van der Waals surface area (Å²) in [4.78, 5) is 47.3. The smallest absolute Gasteiger partial charge is 0.352 e. The van der Waals surface area contributed by atoms with Crippen LogP contribution in [0, 0.1) is 11.3 Å². The second kappa shape index (κ2) is 9.00. The molecule has 13 heteroatoms. The molecule has 1 fully saturated rings. The molecular formula is C20H16N6O5S2. The van der Waals surface area contributed by atoms with Gasteiger partial charge in [0, 0.05) is 17.2 Å². The molecular weight excluding hydrogens is 468 g/mol. The largest absolute Gasteiger partial charge is 0.508 e. The van der Waals surface area contributed by atoms with Crippen molar-refractivity contribution in [2.75, 3.05) is 22.1 Å². The Labute approximate surface area is 195 Å². The number of fused-ring (bicyclic) bond motifs is 1. The molecule has 4 rings (SSSR count). The van der Waals surface area contributed by atoms with Crippen molar-refractivity contribution in [2.45, 2.75) is 16.6 Å². The normalized spacial score (nSPS) is 19.4. The van der Waals surface area contributed by atoms with Gasteiger partial charge in [-0.3, -0.25) is 19.4 Å². The number of β-lactam (4-membered cyclic amide) rings is 1. The first-order chi connectivity index (χ1) is 15.8. The summed E-state index contributed by atoms with van der Waals surface area (Å²) in [6, 6.07) is 6.81. The topological polar surface area (TPSA) is 174 Å². The zero-order valence-electron chi connectivity index (χ0n) is 16.8. The van der Waals surface area contributed by atoms with E-state index in [0.717, 1.165) is 11.8 Å². The molecule has 1 unspecified atom stereocenters. The number of nitrogens with two attached hydrogens (primary N) is 1. The lowest BCUT2D eigenvalue weighted by molar-refractivity contribution is -0.148. The van der Waals surface area contributed by atoms with Crippen molar-refractivity contribution in [3.63, 3.8) is 0 Å². The van der Waals surface area contributed by atoms with Crippen molar-refractivity contribution in [1.82, 2.24) is 14.9 Å². The Morgan fingerprint density at radius 1 is 1.42 bits per heavy atom. The number of thioether (sulfide) groups is 2. The number of benzene rings is 1. The molecule has 0 spiro atoms. The van der Waals surface area contributed by atoms with Crippen LogP contribution in [0.15, 0.2) is 46.9 Å². The number of carboxylic acid groups (broad SMARTS) is 1. The molecule has 4 N–H and O–H groups in total. The van der Waals surface area contributed by atoms with Crippen LogP contribution in [0.2, 0.25) is 0 Å². The Balaban J connectivity index is 1.56. The number of nitrogen functional groups attached to an aromatic ring is 1. The minimum Gasteiger partial charge on any atom is -0.508 e. The number of rotatable bonds is 7. The highest BCUT2D eigenvalue weighted by atomic mass is 32.2. The predicted octanol–water partition coefficient (Wildman–Crippen LogP) is 1.01. The number of carboxylic acids is 1. The molecule has 2 aliphatic rings. The van der Waals surface area contributed by atoms with Crippen LogP contribution >= 0.6 is 23.5 Å². The summed E-state index contributed by atoms with van der Waals surface area (Å²) < 4.78 is 0. The number of carbonyl (C=O) groups excluding carboxylic acids is 2. The summed E-state index contributed by atoms with van der Waals surface area (Å²) >= 11 is 2.48. The van der Waals surface area contributed by atoms with Crippen molar-refractivity contribution >= 4 is 53.2 Å². The van der Waals surface area contributed by atoms with Crippen LogP contribution in [-0.4, -0.2) is 66.3 Å². The molecule has 0 aliphatic carbocycles. The predicted molar refractivity (Wildman–Crippen MR) is 120 cm³/mol. The van der Waals surface area contributed by atoms with Gasteiger partial charge in [0.25, 0.3) is 5.91 Å². The van der Waals surface area contributed by atoms with E-state index in [2.05, 4.69) is 9.97 Å². The average Bonchev–Trinajstić information content (AvgIpc) is 2.81. The molecule has 2 aromatic rings. The third-order valence-electron chi connectivity index (χ3n) is 5.06. The van der Waals surface area contributed by atoms with Gasteiger partial charge in [0.2, 0.25) is 6.41 Å². The van der Waals surface area contributed by atoms with Crippen LogP contribution in [0.1, 0.15) is 5.69 Å². The van der Waals surface area contributed by atoms with Gasteiger partial charge in [-0.2, -0.15) is 5.26 Å². The second-order valence-corrected chi connectivity index (χ2v) is 9.05. The van der Waals surface area contributed by atoms with Gasteiger partial charge in [0.15, 0.2) is 10.9 Å². The Morgan fingerprint density at radius 3 is 2.79 bits per heavy atom. The van der Waals surface area contributed by atoms with E-state index in [0.29, 0.717) is 23.4 Å². The number of aromatic nitrogens is 2. The number of carbonyl (C=O) groups is 3. The average molecular weight is 485 g/mol. The molecule has 2 atom stereocenters. The first-order valence-corrected chi connectivity index (χ1v) is 11.5. The van der Waals surface area contributed by atoms with E-state index in [-0.39, 0.29) is 33.7 Å². The number of hydrogen-bond donors (Lipinski definition) is 3. The highest BCUT2D eigenvalue weighted by Gasteiger charge is 2.56. The summed E-state index contributed by atoms with van der Waals surface area (Å²) in [6.45, 7) is 0. The van der Waals surface area contributed by atoms with Gasteiger partial charge in [-0.15, -0.1) is 11.8 Å². The minimum atomic E-state index is -1.25. The minimum absolute atomic E-state index is 0.0171. The maximum atomic E-state index is 13.0. The molecule has 1 saturated heterocycles. The van der Waals surface area contributed by atoms with Gasteiger partial charge in [0.1, 0.15) is 28.9 Å². The van der Waals surface area contributed by atoms with E-state index in [1.165, 1.54) is 52.0 Å². The maximum Gasteiger partial charge on any atom is 0.352 e. The second-order valence-electron chi connectivity index (χ2n) is 7.00. The van der Waals surface area contributed by atoms with E-state index >= 15 is 0 Å². The van der Waals surface area contributed by atoms with Crippen LogP contribution in [0.5, 0.6) is 5.75 Å². The van der Waals surface area contributed by atoms with Crippen LogP contribution in [0.3, 0.4) is 0 Å². The summed E-state index contributed by atoms with van der Waals surface area (Å²) in [6.07, 6.45) is 1.83. The number of amides is 2. The molecule has 2 aliphatic heterocycles. The quantitative estimate of drug-likeness (QED) is 0.221. The zero-order chi connectivity index (χ0) is 23.7. The number of nitriles is 1. The lowest BCUT2D eigenvalue weighted by Gasteiger charge is -2.52. The Kier molecular flexibility index (Phi) is 6.12. The lowest BCUT2D eigenvalue weighted by Crippen LogP contribution is -2.70. The van der Waals surface area contributed by atoms with Crippen LogP contribution in [0.25, 0.3) is 0 Å². The number of anilines is 2. The third kappa shape index (κ3) is 4.06. The summed E-state index contributed by atoms with van der Waals surface area (Å²) in [5.41, 5.74) is 6.59. The number of aromatic hydroxyl groups is 1. The van der Waals surface area contributed by atoms with Crippen molar-refractivity contribution in [2.24, 2.45) is 0 Å². The first-order valence-electron chi connectivity index (χ1n) is 9.43. The molecule has 1 aromatic heterocycles. The molecule has 1 aromatic carbocycles. The van der Waals surface area contributed by atoms with E-state index in [1.807, 2.05) is 6.07 Å². The number of nitrogens with zero attached hydrogens (tertiary/aromatic N) is 5. The summed E-state index contributed by atoms with van der Waals surface area (Å²) in [5, 5.41) is 28.0. The maximum absolute atomic E-state index is 13.0. The highest BCUT2D eigenvalue weighted by Crippen LogP contribution is 2.44. The molecule has 0 bridgehead atoms. The van der Waals surface area contributed by atoms with Gasteiger partial charge < -0.3 is 15.9 Å². The van der Waals surface area contributed by atoms with Crippen LogP contribution < -0.4 is 10.6 Å². The number of aliphatic carboxylic acids is 1. The van der Waals surface area contributed by atoms with Gasteiger partial charge in [-0.1, -0.05) is 11.8 Å². The summed E-state index contributed by atoms with van der Waals surface area (Å²) in [7, 11) is 0. The standard InChI is InChI=1S/C20H16N6O5S2/c21-5-14-13(22)6-23-20(24-14)33-8-10-7-32-18-16(17(29)26(18)15(10)19(30)31)25(9-27)11-1-3-12(28)4-2-11/h1-4,6,9,16,18,28H,7-8,22H2,(H,30,31)/t16?,18-/m1/s1. The number of phenols is 1. The molecule has 11 nitrogen and oxygen atoms in total. The van der Waals surface area contributed by atoms with Crippen LogP contribution in [-0.2, 0) is 14.4 Å². The van der Waals surface area contributed by atoms with E-state index in [1.54, 1.807) is 0 Å². The van der Waals surface area contributed by atoms with Gasteiger partial charge in [0.05, 0.1) is 11.9 Å². The third-order valence-corrected chi connectivity index (χ3v) is 7.33. The zero-order valence-corrected chi connectivity index (χ0v) is 18.4. The van der Waals surface area contributed by atoms with Crippen LogP contribution in [0.4, 0.5) is 11.4 Å². The molecule has 0 saturated carbocycles. The van der Waals surface area contributed by atoms with Crippen molar-refractivity contribution in [3.8, 4) is 11.8 Å². The summed E-state index contributed by atoms with van der Waals surface area (Å²) in [5.74, 6) is -1.23. The van der Waals surface area contributed by atoms with Crippen molar-refractivity contribution < 1.29 is 24.6 Å². The van der Waals surface area contributed by atoms with E-state index < -0.39 is 23.3 Å². The SMILES string of the molecule is N#Cc1nc(SCC2=C(C(=O)O)N3C(=O)C(N(C=O)c4ccc(O)cc4)[C@H]3SC2)ncc1N. The van der Waals surface area contributed by atoms with Crippen molar-refractivity contribution in [3.05, 3.63) is 47.4 Å². The van der Waals surface area contributed by atoms with E-state index in [4.69, 9.17) is 11.0 Å². The number of phenolic OH excluding ortho intramolecular Hbond substituents is 1. The first kappa shape index (κ1) is 22.4. The molecule has 168 valence electrons. The molecule has 0 radical (unpaired) electrons. The Bertz CT molecular complexity index is 1210. The lowest BCUT2D eigenvalue weighted by atomic mass is 10.0. The monoisotopic (exact) mass is 484 g/mol.